The van der Waals surface area contributed by atoms with E-state index in [1.165, 1.54) is 18.4 Å². The fourth-order valence-electron chi connectivity index (χ4n) is 2.03. The molecule has 0 fully saturated rings. The second-order valence-electron chi connectivity index (χ2n) is 5.13. The van der Waals surface area contributed by atoms with Gasteiger partial charge in [0.25, 0.3) is 0 Å². The third-order valence-electron chi connectivity index (χ3n) is 3.17. The van der Waals surface area contributed by atoms with E-state index in [1.807, 2.05) is 6.92 Å². The van der Waals surface area contributed by atoms with Crippen molar-refractivity contribution in [1.82, 2.24) is 9.97 Å². The van der Waals surface area contributed by atoms with E-state index in [4.69, 9.17) is 5.73 Å². The minimum atomic E-state index is -3.05. The Morgan fingerprint density at radius 3 is 2.52 bits per heavy atom. The van der Waals surface area contributed by atoms with Gasteiger partial charge < -0.3 is 10.7 Å². The van der Waals surface area contributed by atoms with Crippen LogP contribution in [0.5, 0.6) is 0 Å². The topological polar surface area (TPSA) is 88.8 Å². The first-order chi connectivity index (χ1) is 9.76. The maximum Gasteiger partial charge on any atom is 0.147 e. The number of aromatic amines is 1. The predicted molar refractivity (Wildman–Crippen MR) is 80.0 cm³/mol. The zero-order valence-corrected chi connectivity index (χ0v) is 12.7. The van der Waals surface area contributed by atoms with Crippen LogP contribution >= 0.6 is 0 Å². The number of imidazole rings is 1. The molecule has 0 amide bonds. The normalized spacial score (nSPS) is 13.3. The van der Waals surface area contributed by atoms with Gasteiger partial charge in [-0.25, -0.2) is 17.8 Å². The Hall–Kier alpha value is -1.73. The first kappa shape index (κ1) is 15.7. The molecule has 1 aromatic carbocycles. The second-order valence-corrected chi connectivity index (χ2v) is 7.39. The van der Waals surface area contributed by atoms with Gasteiger partial charge in [-0.3, -0.25) is 0 Å². The lowest BCUT2D eigenvalue weighted by Crippen LogP contribution is -2.17. The van der Waals surface area contributed by atoms with Crippen molar-refractivity contribution < 1.29 is 12.8 Å². The van der Waals surface area contributed by atoms with Crippen LogP contribution < -0.4 is 5.73 Å². The number of hydrogen-bond donors (Lipinski definition) is 2. The molecule has 1 unspecified atom stereocenters. The van der Waals surface area contributed by atoms with Gasteiger partial charge >= 0.3 is 0 Å². The fraction of sp³-hybridized carbons (Fsp3) is 0.357. The Morgan fingerprint density at radius 2 is 1.95 bits per heavy atom. The van der Waals surface area contributed by atoms with Crippen molar-refractivity contribution in [3.05, 3.63) is 41.6 Å². The SMILES string of the molecule is Cc1[nH]c(C(N)CCS(C)(=O)=O)nc1-c1ccc(F)cc1. The first-order valence-electron chi connectivity index (χ1n) is 6.52. The number of H-pyrrole nitrogens is 1. The summed E-state index contributed by atoms with van der Waals surface area (Å²) in [6, 6.07) is 5.54. The van der Waals surface area contributed by atoms with Gasteiger partial charge in [-0.15, -0.1) is 0 Å². The molecule has 1 atom stereocenters. The van der Waals surface area contributed by atoms with Crippen LogP contribution in [0.4, 0.5) is 4.39 Å². The minimum absolute atomic E-state index is 0.0137. The molecule has 114 valence electrons. The van der Waals surface area contributed by atoms with Crippen LogP contribution in [0.15, 0.2) is 24.3 Å². The van der Waals surface area contributed by atoms with Crippen LogP contribution in [0, 0.1) is 12.7 Å². The molecule has 5 nitrogen and oxygen atoms in total. The third kappa shape index (κ3) is 4.12. The molecule has 21 heavy (non-hydrogen) atoms. The van der Waals surface area contributed by atoms with Crippen molar-refractivity contribution in [2.24, 2.45) is 5.73 Å². The molecular formula is C14H18FN3O2S. The monoisotopic (exact) mass is 311 g/mol. The van der Waals surface area contributed by atoms with Crippen molar-refractivity contribution in [3.8, 4) is 11.3 Å². The average Bonchev–Trinajstić information content (AvgIpc) is 2.78. The number of rotatable bonds is 5. The van der Waals surface area contributed by atoms with Crippen molar-refractivity contribution >= 4 is 9.84 Å². The van der Waals surface area contributed by atoms with Crippen LogP contribution in [0.2, 0.25) is 0 Å². The highest BCUT2D eigenvalue weighted by Crippen LogP contribution is 2.24. The largest absolute Gasteiger partial charge is 0.344 e. The van der Waals surface area contributed by atoms with E-state index in [9.17, 15) is 12.8 Å². The fourth-order valence-corrected chi connectivity index (χ4v) is 2.71. The molecule has 7 heteroatoms. The maximum atomic E-state index is 12.9. The van der Waals surface area contributed by atoms with Crippen molar-refractivity contribution in [2.45, 2.75) is 19.4 Å². The average molecular weight is 311 g/mol. The Kier molecular flexibility index (Phi) is 4.43. The Balaban J connectivity index is 2.20. The van der Waals surface area contributed by atoms with Gasteiger partial charge in [0.15, 0.2) is 0 Å². The Labute approximate surface area is 123 Å². The highest BCUT2D eigenvalue weighted by atomic mass is 32.2. The van der Waals surface area contributed by atoms with E-state index in [0.29, 0.717) is 17.9 Å². The zero-order chi connectivity index (χ0) is 15.6. The zero-order valence-electron chi connectivity index (χ0n) is 11.9. The molecule has 0 saturated heterocycles. The van der Waals surface area contributed by atoms with Crippen molar-refractivity contribution in [3.63, 3.8) is 0 Å². The van der Waals surface area contributed by atoms with Gasteiger partial charge in [-0.05, 0) is 37.6 Å². The summed E-state index contributed by atoms with van der Waals surface area (Å²) in [6.07, 6.45) is 1.48. The molecule has 0 bridgehead atoms. The summed E-state index contributed by atoms with van der Waals surface area (Å²) in [5.74, 6) is 0.243. The number of nitrogens with two attached hydrogens (primary N) is 1. The standard InChI is InChI=1S/C14H18FN3O2S/c1-9-13(10-3-5-11(15)6-4-10)18-14(17-9)12(16)7-8-21(2,19)20/h3-6,12H,7-8,16H2,1-2H3,(H,17,18). The summed E-state index contributed by atoms with van der Waals surface area (Å²) in [7, 11) is -3.05. The lowest BCUT2D eigenvalue weighted by Gasteiger charge is -2.07. The van der Waals surface area contributed by atoms with Crippen LogP contribution in [0.1, 0.15) is 24.0 Å². The van der Waals surface area contributed by atoms with Crippen LogP contribution in [0.3, 0.4) is 0 Å². The number of hydrogen-bond acceptors (Lipinski definition) is 4. The summed E-state index contributed by atoms with van der Waals surface area (Å²) in [4.78, 5) is 7.48. The van der Waals surface area contributed by atoms with E-state index < -0.39 is 15.9 Å². The number of sulfone groups is 1. The van der Waals surface area contributed by atoms with Crippen LogP contribution in [0.25, 0.3) is 11.3 Å². The summed E-state index contributed by atoms with van der Waals surface area (Å²) < 4.78 is 35.3. The molecule has 2 aromatic rings. The number of aryl methyl sites for hydroxylation is 1. The highest BCUT2D eigenvalue weighted by molar-refractivity contribution is 7.90. The number of halogens is 1. The number of nitrogens with zero attached hydrogens (tertiary/aromatic N) is 1. The number of nitrogens with one attached hydrogen (secondary N) is 1. The van der Waals surface area contributed by atoms with Crippen molar-refractivity contribution in [2.75, 3.05) is 12.0 Å². The second kappa shape index (κ2) is 5.95. The smallest absolute Gasteiger partial charge is 0.147 e. The first-order valence-corrected chi connectivity index (χ1v) is 8.58. The minimum Gasteiger partial charge on any atom is -0.344 e. The molecule has 0 spiro atoms. The van der Waals surface area contributed by atoms with Gasteiger partial charge in [0, 0.05) is 17.5 Å². The van der Waals surface area contributed by atoms with E-state index in [-0.39, 0.29) is 11.6 Å². The highest BCUT2D eigenvalue weighted by Gasteiger charge is 2.16. The van der Waals surface area contributed by atoms with Gasteiger partial charge in [0.2, 0.25) is 0 Å². The van der Waals surface area contributed by atoms with E-state index in [0.717, 1.165) is 11.3 Å². The lowest BCUT2D eigenvalue weighted by atomic mass is 10.1. The van der Waals surface area contributed by atoms with Gasteiger partial charge in [0.1, 0.15) is 21.5 Å². The van der Waals surface area contributed by atoms with E-state index >= 15 is 0 Å². The third-order valence-corrected chi connectivity index (χ3v) is 4.15. The predicted octanol–water partition coefficient (Wildman–Crippen LogP) is 1.96. The van der Waals surface area contributed by atoms with Gasteiger partial charge in [-0.2, -0.15) is 0 Å². The van der Waals surface area contributed by atoms with Crippen molar-refractivity contribution in [1.29, 1.82) is 0 Å². The van der Waals surface area contributed by atoms with Gasteiger partial charge in [0.05, 0.1) is 17.5 Å². The molecule has 2 rings (SSSR count). The molecule has 3 N–H and O–H groups in total. The quantitative estimate of drug-likeness (QED) is 0.883. The molecule has 0 aliphatic carbocycles. The molecule has 0 aliphatic rings. The maximum absolute atomic E-state index is 12.9. The molecule has 1 aromatic heterocycles. The van der Waals surface area contributed by atoms with Crippen LogP contribution in [-0.2, 0) is 9.84 Å². The molecule has 0 radical (unpaired) electrons. The van der Waals surface area contributed by atoms with Crippen LogP contribution in [-0.4, -0.2) is 30.4 Å². The number of aromatic nitrogens is 2. The summed E-state index contributed by atoms with van der Waals surface area (Å²) >= 11 is 0. The Bertz CT molecular complexity index is 723. The molecule has 0 saturated carbocycles. The molecular weight excluding hydrogens is 293 g/mol. The Morgan fingerprint density at radius 1 is 1.33 bits per heavy atom. The summed E-state index contributed by atoms with van der Waals surface area (Å²) in [5.41, 5.74) is 8.26. The number of benzene rings is 1. The lowest BCUT2D eigenvalue weighted by molar-refractivity contribution is 0.587. The summed E-state index contributed by atoms with van der Waals surface area (Å²) in [5, 5.41) is 0. The molecule has 0 aliphatic heterocycles. The molecule has 1 heterocycles. The van der Waals surface area contributed by atoms with E-state index in [1.54, 1.807) is 12.1 Å². The van der Waals surface area contributed by atoms with Gasteiger partial charge in [-0.1, -0.05) is 0 Å². The van der Waals surface area contributed by atoms with E-state index in [2.05, 4.69) is 9.97 Å². The summed E-state index contributed by atoms with van der Waals surface area (Å²) in [6.45, 7) is 1.85.